The van der Waals surface area contributed by atoms with Gasteiger partial charge in [0.05, 0.1) is 18.4 Å². The van der Waals surface area contributed by atoms with Crippen molar-refractivity contribution in [3.63, 3.8) is 0 Å². The number of aromatic nitrogens is 2. The van der Waals surface area contributed by atoms with Crippen molar-refractivity contribution in [2.24, 2.45) is 0 Å². The van der Waals surface area contributed by atoms with Gasteiger partial charge in [0, 0.05) is 16.8 Å². The molecule has 3 rings (SSSR count). The lowest BCUT2D eigenvalue weighted by atomic mass is 10.1. The molecule has 0 spiro atoms. The van der Waals surface area contributed by atoms with E-state index in [1.54, 1.807) is 35.1 Å². The molecule has 1 amide bonds. The summed E-state index contributed by atoms with van der Waals surface area (Å²) in [6, 6.07) is 16.5. The van der Waals surface area contributed by atoms with Gasteiger partial charge in [-0.3, -0.25) is 9.59 Å². The highest BCUT2D eigenvalue weighted by atomic mass is 35.5. The molecule has 2 aromatic carbocycles. The van der Waals surface area contributed by atoms with Crippen LogP contribution in [-0.4, -0.2) is 35.3 Å². The van der Waals surface area contributed by atoms with Gasteiger partial charge in [0.1, 0.15) is 12.2 Å². The maximum Gasteiger partial charge on any atom is 0.325 e. The van der Waals surface area contributed by atoms with Crippen molar-refractivity contribution in [2.45, 2.75) is 0 Å². The van der Waals surface area contributed by atoms with Gasteiger partial charge in [-0.2, -0.15) is 5.10 Å². The third-order valence-electron chi connectivity index (χ3n) is 3.72. The number of nitrogens with one attached hydrogen (secondary N) is 1. The van der Waals surface area contributed by atoms with Crippen LogP contribution in [0.3, 0.4) is 0 Å². The number of carbonyl (C=O) groups is 2. The van der Waals surface area contributed by atoms with E-state index in [1.807, 2.05) is 30.3 Å². The zero-order valence-electron chi connectivity index (χ0n) is 14.0. The Morgan fingerprint density at radius 3 is 2.46 bits per heavy atom. The molecule has 0 fully saturated rings. The van der Waals surface area contributed by atoms with Gasteiger partial charge in [-0.05, 0) is 24.3 Å². The van der Waals surface area contributed by atoms with Gasteiger partial charge in [0.15, 0.2) is 0 Å². The van der Waals surface area contributed by atoms with E-state index < -0.39 is 11.9 Å². The predicted octanol–water partition coefficient (Wildman–Crippen LogP) is 3.10. The molecule has 0 aliphatic carbocycles. The first-order valence-corrected chi connectivity index (χ1v) is 8.22. The summed E-state index contributed by atoms with van der Waals surface area (Å²) in [5.41, 5.74) is 2.40. The molecule has 0 aliphatic rings. The molecule has 0 aliphatic heterocycles. The van der Waals surface area contributed by atoms with Crippen LogP contribution in [-0.2, 0) is 9.53 Å². The summed E-state index contributed by atoms with van der Waals surface area (Å²) < 4.78 is 6.17. The first-order valence-electron chi connectivity index (χ1n) is 7.84. The maximum atomic E-state index is 12.6. The van der Waals surface area contributed by atoms with Gasteiger partial charge in [0.2, 0.25) is 0 Å². The Labute approximate surface area is 155 Å². The van der Waals surface area contributed by atoms with Crippen LogP contribution in [0.15, 0.2) is 60.8 Å². The van der Waals surface area contributed by atoms with Crippen molar-refractivity contribution in [1.29, 1.82) is 0 Å². The third-order valence-corrected chi connectivity index (χ3v) is 3.97. The molecule has 7 heteroatoms. The SMILES string of the molecule is COC(=O)CNC(=O)c1cn(-c2ccccc2)nc1-c1ccc(Cl)cc1. The van der Waals surface area contributed by atoms with E-state index in [2.05, 4.69) is 15.2 Å². The molecule has 1 heterocycles. The number of methoxy groups -OCH3 is 1. The molecule has 1 aromatic heterocycles. The number of amides is 1. The maximum absolute atomic E-state index is 12.6. The van der Waals surface area contributed by atoms with Crippen molar-refractivity contribution >= 4 is 23.5 Å². The molecule has 26 heavy (non-hydrogen) atoms. The Morgan fingerprint density at radius 1 is 1.12 bits per heavy atom. The lowest BCUT2D eigenvalue weighted by Gasteiger charge is -2.04. The minimum atomic E-state index is -0.526. The molecule has 132 valence electrons. The van der Waals surface area contributed by atoms with Crippen LogP contribution in [0.4, 0.5) is 0 Å². The Kier molecular flexibility index (Phi) is 5.34. The Morgan fingerprint density at radius 2 is 1.81 bits per heavy atom. The second-order valence-electron chi connectivity index (χ2n) is 5.44. The molecule has 0 bridgehead atoms. The second kappa shape index (κ2) is 7.84. The Bertz CT molecular complexity index is 921. The summed E-state index contributed by atoms with van der Waals surface area (Å²) in [6.45, 7) is -0.216. The summed E-state index contributed by atoms with van der Waals surface area (Å²) in [5, 5.41) is 7.68. The quantitative estimate of drug-likeness (QED) is 0.701. The molecule has 3 aromatic rings. The highest BCUT2D eigenvalue weighted by molar-refractivity contribution is 6.30. The molecule has 1 N–H and O–H groups in total. The van der Waals surface area contributed by atoms with Crippen LogP contribution in [0.5, 0.6) is 0 Å². The summed E-state index contributed by atoms with van der Waals surface area (Å²) >= 11 is 5.95. The number of para-hydroxylation sites is 1. The van der Waals surface area contributed by atoms with Crippen molar-refractivity contribution in [1.82, 2.24) is 15.1 Å². The average molecular weight is 370 g/mol. The Balaban J connectivity index is 2.00. The first kappa shape index (κ1) is 17.7. The number of ether oxygens (including phenoxy) is 1. The summed E-state index contributed by atoms with van der Waals surface area (Å²) in [5.74, 6) is -0.940. The molecule has 0 saturated heterocycles. The average Bonchev–Trinajstić information content (AvgIpc) is 3.12. The second-order valence-corrected chi connectivity index (χ2v) is 5.87. The number of esters is 1. The van der Waals surface area contributed by atoms with Crippen LogP contribution in [0.25, 0.3) is 16.9 Å². The zero-order chi connectivity index (χ0) is 18.5. The molecule has 0 saturated carbocycles. The topological polar surface area (TPSA) is 73.2 Å². The van der Waals surface area contributed by atoms with E-state index in [0.717, 1.165) is 11.3 Å². The van der Waals surface area contributed by atoms with E-state index in [4.69, 9.17) is 11.6 Å². The van der Waals surface area contributed by atoms with Gasteiger partial charge >= 0.3 is 5.97 Å². The van der Waals surface area contributed by atoms with Gasteiger partial charge in [0.25, 0.3) is 5.91 Å². The summed E-state index contributed by atoms with van der Waals surface area (Å²) in [4.78, 5) is 23.9. The highest BCUT2D eigenvalue weighted by Crippen LogP contribution is 2.25. The van der Waals surface area contributed by atoms with E-state index in [0.29, 0.717) is 16.3 Å². The number of halogens is 1. The van der Waals surface area contributed by atoms with E-state index in [1.165, 1.54) is 7.11 Å². The number of hydrogen-bond acceptors (Lipinski definition) is 4. The van der Waals surface area contributed by atoms with Gasteiger partial charge in [-0.1, -0.05) is 41.9 Å². The predicted molar refractivity (Wildman–Crippen MR) is 98.4 cm³/mol. The smallest absolute Gasteiger partial charge is 0.325 e. The lowest BCUT2D eigenvalue weighted by molar-refractivity contribution is -0.139. The zero-order valence-corrected chi connectivity index (χ0v) is 14.7. The fraction of sp³-hybridized carbons (Fsp3) is 0.105. The molecule has 0 unspecified atom stereocenters. The molecule has 6 nitrogen and oxygen atoms in total. The molecule has 0 radical (unpaired) electrons. The summed E-state index contributed by atoms with van der Waals surface area (Å²) in [6.07, 6.45) is 1.63. The van der Waals surface area contributed by atoms with E-state index in [-0.39, 0.29) is 6.54 Å². The fourth-order valence-corrected chi connectivity index (χ4v) is 2.52. The van der Waals surface area contributed by atoms with Crippen LogP contribution in [0.1, 0.15) is 10.4 Å². The third kappa shape index (κ3) is 3.92. The fourth-order valence-electron chi connectivity index (χ4n) is 2.39. The van der Waals surface area contributed by atoms with E-state index in [9.17, 15) is 9.59 Å². The number of nitrogens with zero attached hydrogens (tertiary/aromatic N) is 2. The normalized spacial score (nSPS) is 10.4. The molecular weight excluding hydrogens is 354 g/mol. The van der Waals surface area contributed by atoms with Crippen LogP contribution in [0.2, 0.25) is 5.02 Å². The lowest BCUT2D eigenvalue weighted by Crippen LogP contribution is -2.30. The minimum absolute atomic E-state index is 0.216. The van der Waals surface area contributed by atoms with Crippen LogP contribution in [0, 0.1) is 0 Å². The number of benzene rings is 2. The molecular formula is C19H16ClN3O3. The largest absolute Gasteiger partial charge is 0.468 e. The van der Waals surface area contributed by atoms with Crippen LogP contribution >= 0.6 is 11.6 Å². The van der Waals surface area contributed by atoms with Gasteiger partial charge in [-0.15, -0.1) is 0 Å². The number of rotatable bonds is 5. The van der Waals surface area contributed by atoms with E-state index >= 15 is 0 Å². The van der Waals surface area contributed by atoms with Gasteiger partial charge < -0.3 is 10.1 Å². The van der Waals surface area contributed by atoms with Crippen molar-refractivity contribution in [3.8, 4) is 16.9 Å². The number of carbonyl (C=O) groups excluding carboxylic acids is 2. The Hall–Kier alpha value is -3.12. The van der Waals surface area contributed by atoms with Crippen molar-refractivity contribution in [2.75, 3.05) is 13.7 Å². The first-order chi connectivity index (χ1) is 12.6. The standard InChI is InChI=1S/C19H16ClN3O3/c1-26-17(24)11-21-19(25)16-12-23(15-5-3-2-4-6-15)22-18(16)13-7-9-14(20)10-8-13/h2-10,12H,11H2,1H3,(H,21,25). The van der Waals surface area contributed by atoms with Gasteiger partial charge in [-0.25, -0.2) is 4.68 Å². The number of hydrogen-bond donors (Lipinski definition) is 1. The summed E-state index contributed by atoms with van der Waals surface area (Å²) in [7, 11) is 1.26. The van der Waals surface area contributed by atoms with Crippen molar-refractivity contribution < 1.29 is 14.3 Å². The van der Waals surface area contributed by atoms with Crippen LogP contribution < -0.4 is 5.32 Å². The highest BCUT2D eigenvalue weighted by Gasteiger charge is 2.19. The monoisotopic (exact) mass is 369 g/mol. The van der Waals surface area contributed by atoms with Crippen molar-refractivity contribution in [3.05, 3.63) is 71.4 Å². The minimum Gasteiger partial charge on any atom is -0.468 e. The molecule has 0 atom stereocenters.